The molecule has 0 aromatic carbocycles. The lowest BCUT2D eigenvalue weighted by molar-refractivity contribution is -0.143. The van der Waals surface area contributed by atoms with Crippen molar-refractivity contribution in [1.82, 2.24) is 0 Å². The third-order valence-electron chi connectivity index (χ3n) is 6.16. The van der Waals surface area contributed by atoms with E-state index in [0.29, 0.717) is 25.2 Å². The first-order chi connectivity index (χ1) is 14.3. The van der Waals surface area contributed by atoms with Gasteiger partial charge < -0.3 is 9.47 Å². The zero-order chi connectivity index (χ0) is 21.0. The van der Waals surface area contributed by atoms with Crippen molar-refractivity contribution in [2.24, 2.45) is 0 Å². The van der Waals surface area contributed by atoms with E-state index in [1.165, 1.54) is 103 Å². The molecule has 1 rings (SSSR count). The van der Waals surface area contributed by atoms with Crippen LogP contribution in [0.3, 0.4) is 0 Å². The third kappa shape index (κ3) is 16.9. The number of esters is 1. The fourth-order valence-electron chi connectivity index (χ4n) is 4.10. The van der Waals surface area contributed by atoms with E-state index in [2.05, 4.69) is 13.8 Å². The number of ether oxygens (including phenoxy) is 2. The number of carbonyl (C=O) groups is 1. The van der Waals surface area contributed by atoms with Gasteiger partial charge in [-0.2, -0.15) is 0 Å². The predicted octanol–water partition coefficient (Wildman–Crippen LogP) is 8.14. The standard InChI is InChI=1S/C26H50O3/c1-3-5-7-9-12-16-20-24-25(29-24)21-17-13-11-14-18-22-26(27)28-23-19-15-10-8-6-4-2/h24-25H,3-23H2,1-2H3/t24-,25-/m0/s1. The van der Waals surface area contributed by atoms with Gasteiger partial charge in [-0.15, -0.1) is 0 Å². The molecule has 29 heavy (non-hydrogen) atoms. The zero-order valence-electron chi connectivity index (χ0n) is 19.7. The Balaban J connectivity index is 1.75. The van der Waals surface area contributed by atoms with Gasteiger partial charge >= 0.3 is 5.97 Å². The van der Waals surface area contributed by atoms with Crippen molar-refractivity contribution in [2.45, 2.75) is 154 Å². The molecule has 1 saturated heterocycles. The molecule has 1 heterocycles. The molecule has 0 saturated carbocycles. The number of rotatable bonds is 22. The summed E-state index contributed by atoms with van der Waals surface area (Å²) in [6.45, 7) is 5.12. The van der Waals surface area contributed by atoms with E-state index in [-0.39, 0.29) is 5.97 Å². The molecule has 0 radical (unpaired) electrons. The van der Waals surface area contributed by atoms with Crippen LogP contribution in [0.1, 0.15) is 142 Å². The fraction of sp³-hybridized carbons (Fsp3) is 0.962. The Morgan fingerprint density at radius 3 is 1.62 bits per heavy atom. The van der Waals surface area contributed by atoms with Gasteiger partial charge in [0.05, 0.1) is 18.8 Å². The summed E-state index contributed by atoms with van der Waals surface area (Å²) in [6, 6.07) is 0. The van der Waals surface area contributed by atoms with Crippen molar-refractivity contribution < 1.29 is 14.3 Å². The number of hydrogen-bond acceptors (Lipinski definition) is 3. The van der Waals surface area contributed by atoms with Gasteiger partial charge in [0.15, 0.2) is 0 Å². The largest absolute Gasteiger partial charge is 0.466 e. The van der Waals surface area contributed by atoms with Crippen LogP contribution in [0.4, 0.5) is 0 Å². The average molecular weight is 411 g/mol. The molecule has 0 aromatic rings. The van der Waals surface area contributed by atoms with E-state index in [4.69, 9.17) is 9.47 Å². The number of unbranched alkanes of at least 4 members (excludes halogenated alkanes) is 14. The molecule has 0 amide bonds. The summed E-state index contributed by atoms with van der Waals surface area (Å²) < 4.78 is 11.1. The average Bonchev–Trinajstić information content (AvgIpc) is 3.47. The van der Waals surface area contributed by atoms with Gasteiger partial charge in [0.1, 0.15) is 0 Å². The van der Waals surface area contributed by atoms with Crippen molar-refractivity contribution in [3.05, 3.63) is 0 Å². The van der Waals surface area contributed by atoms with Crippen LogP contribution in [0, 0.1) is 0 Å². The molecule has 0 aliphatic carbocycles. The molecule has 0 aromatic heterocycles. The van der Waals surface area contributed by atoms with Gasteiger partial charge in [0.2, 0.25) is 0 Å². The predicted molar refractivity (Wildman–Crippen MR) is 123 cm³/mol. The Hall–Kier alpha value is -0.570. The monoisotopic (exact) mass is 410 g/mol. The Morgan fingerprint density at radius 1 is 0.621 bits per heavy atom. The molecule has 1 aliphatic heterocycles. The van der Waals surface area contributed by atoms with E-state index in [1.54, 1.807) is 0 Å². The summed E-state index contributed by atoms with van der Waals surface area (Å²) >= 11 is 0. The first-order valence-corrected chi connectivity index (χ1v) is 13.1. The molecule has 1 fully saturated rings. The maximum atomic E-state index is 11.7. The van der Waals surface area contributed by atoms with Gasteiger partial charge in [-0.25, -0.2) is 0 Å². The zero-order valence-corrected chi connectivity index (χ0v) is 19.7. The molecule has 3 nitrogen and oxygen atoms in total. The van der Waals surface area contributed by atoms with Gasteiger partial charge in [-0.3, -0.25) is 4.79 Å². The number of hydrogen-bond donors (Lipinski definition) is 0. The lowest BCUT2D eigenvalue weighted by Crippen LogP contribution is -2.05. The van der Waals surface area contributed by atoms with E-state index in [0.717, 1.165) is 19.3 Å². The van der Waals surface area contributed by atoms with Gasteiger partial charge in [0, 0.05) is 6.42 Å². The second kappa shape index (κ2) is 19.4. The summed E-state index contributed by atoms with van der Waals surface area (Å²) in [7, 11) is 0. The minimum absolute atomic E-state index is 0.00229. The van der Waals surface area contributed by atoms with Crippen molar-refractivity contribution in [3.63, 3.8) is 0 Å². The highest BCUT2D eigenvalue weighted by Crippen LogP contribution is 2.31. The molecule has 0 spiro atoms. The van der Waals surface area contributed by atoms with Crippen LogP contribution in [0.5, 0.6) is 0 Å². The Labute approximate surface area is 181 Å². The maximum Gasteiger partial charge on any atom is 0.305 e. The van der Waals surface area contributed by atoms with Gasteiger partial charge in [-0.1, -0.05) is 110 Å². The third-order valence-corrected chi connectivity index (χ3v) is 6.16. The molecular weight excluding hydrogens is 360 g/mol. The summed E-state index contributed by atoms with van der Waals surface area (Å²) in [6.07, 6.45) is 25.8. The van der Waals surface area contributed by atoms with Crippen LogP contribution in [-0.4, -0.2) is 24.8 Å². The van der Waals surface area contributed by atoms with Crippen molar-refractivity contribution in [2.75, 3.05) is 6.61 Å². The summed E-state index contributed by atoms with van der Waals surface area (Å²) in [5.41, 5.74) is 0. The Kier molecular flexibility index (Phi) is 17.7. The number of epoxide rings is 1. The van der Waals surface area contributed by atoms with Crippen LogP contribution in [0.25, 0.3) is 0 Å². The first kappa shape index (κ1) is 26.5. The minimum atomic E-state index is 0.00229. The first-order valence-electron chi connectivity index (χ1n) is 13.1. The smallest absolute Gasteiger partial charge is 0.305 e. The Morgan fingerprint density at radius 2 is 1.07 bits per heavy atom. The second-order valence-corrected chi connectivity index (χ2v) is 9.06. The molecule has 2 atom stereocenters. The van der Waals surface area contributed by atoms with Crippen LogP contribution < -0.4 is 0 Å². The highest BCUT2D eigenvalue weighted by molar-refractivity contribution is 5.69. The second-order valence-electron chi connectivity index (χ2n) is 9.06. The summed E-state index contributed by atoms with van der Waals surface area (Å²) in [5.74, 6) is 0.00229. The van der Waals surface area contributed by atoms with E-state index >= 15 is 0 Å². The summed E-state index contributed by atoms with van der Waals surface area (Å²) in [4.78, 5) is 11.7. The molecule has 3 heteroatoms. The normalized spacial score (nSPS) is 18.1. The lowest BCUT2D eigenvalue weighted by Gasteiger charge is -2.05. The maximum absolute atomic E-state index is 11.7. The van der Waals surface area contributed by atoms with Crippen LogP contribution in [-0.2, 0) is 14.3 Å². The van der Waals surface area contributed by atoms with Crippen molar-refractivity contribution in [3.8, 4) is 0 Å². The molecule has 172 valence electrons. The molecule has 0 N–H and O–H groups in total. The SMILES string of the molecule is CCCCCCCCOC(=O)CCCCCCC[C@@H]1O[C@H]1CCCCCCCC. The highest BCUT2D eigenvalue weighted by Gasteiger charge is 2.36. The van der Waals surface area contributed by atoms with Crippen LogP contribution in [0.15, 0.2) is 0 Å². The van der Waals surface area contributed by atoms with Gasteiger partial charge in [0.25, 0.3) is 0 Å². The molecule has 0 unspecified atom stereocenters. The van der Waals surface area contributed by atoms with E-state index < -0.39 is 0 Å². The van der Waals surface area contributed by atoms with Crippen LogP contribution >= 0.6 is 0 Å². The topological polar surface area (TPSA) is 38.8 Å². The fourth-order valence-corrected chi connectivity index (χ4v) is 4.10. The molecule has 1 aliphatic rings. The molecular formula is C26H50O3. The van der Waals surface area contributed by atoms with Crippen molar-refractivity contribution in [1.29, 1.82) is 0 Å². The summed E-state index contributed by atoms with van der Waals surface area (Å²) in [5, 5.41) is 0. The number of carbonyl (C=O) groups excluding carboxylic acids is 1. The highest BCUT2D eigenvalue weighted by atomic mass is 16.6. The van der Waals surface area contributed by atoms with Gasteiger partial charge in [-0.05, 0) is 25.7 Å². The van der Waals surface area contributed by atoms with Crippen molar-refractivity contribution >= 4 is 5.97 Å². The lowest BCUT2D eigenvalue weighted by atomic mass is 10.0. The minimum Gasteiger partial charge on any atom is -0.466 e. The quantitative estimate of drug-likeness (QED) is 0.103. The molecule has 0 bridgehead atoms. The van der Waals surface area contributed by atoms with E-state index in [9.17, 15) is 4.79 Å². The van der Waals surface area contributed by atoms with E-state index in [1.807, 2.05) is 0 Å². The van der Waals surface area contributed by atoms with Crippen LogP contribution in [0.2, 0.25) is 0 Å². The Bertz CT molecular complexity index is 369.